The van der Waals surface area contributed by atoms with Crippen LogP contribution in [0.15, 0.2) is 24.3 Å². The number of hydrogen-bond donors (Lipinski definition) is 1. The fourth-order valence-corrected chi connectivity index (χ4v) is 2.93. The van der Waals surface area contributed by atoms with E-state index in [1.165, 1.54) is 19.3 Å². The minimum absolute atomic E-state index is 0.309. The summed E-state index contributed by atoms with van der Waals surface area (Å²) >= 11 is 0. The molecule has 6 heteroatoms. The molecule has 1 aromatic heterocycles. The number of nitrogens with zero attached hydrogens (tertiary/aromatic N) is 3. The van der Waals surface area contributed by atoms with Crippen molar-refractivity contribution < 1.29 is 9.47 Å². The number of H-pyrrole nitrogens is 1. The van der Waals surface area contributed by atoms with E-state index >= 15 is 0 Å². The Morgan fingerprint density at radius 3 is 2.74 bits per heavy atom. The molecule has 0 spiro atoms. The van der Waals surface area contributed by atoms with E-state index in [1.54, 1.807) is 7.11 Å². The molecule has 23 heavy (non-hydrogen) atoms. The molecule has 2 aromatic rings. The average Bonchev–Trinajstić information content (AvgIpc) is 2.94. The van der Waals surface area contributed by atoms with Crippen LogP contribution >= 0.6 is 0 Å². The van der Waals surface area contributed by atoms with E-state index in [-0.39, 0.29) is 0 Å². The molecule has 1 aliphatic heterocycles. The van der Waals surface area contributed by atoms with Gasteiger partial charge in [-0.25, -0.2) is 4.98 Å². The van der Waals surface area contributed by atoms with Gasteiger partial charge in [0.05, 0.1) is 13.2 Å². The van der Waals surface area contributed by atoms with Gasteiger partial charge in [0.15, 0.2) is 11.6 Å². The van der Waals surface area contributed by atoms with Crippen LogP contribution in [-0.4, -0.2) is 40.8 Å². The van der Waals surface area contributed by atoms with E-state index in [0.717, 1.165) is 36.1 Å². The van der Waals surface area contributed by atoms with Crippen molar-refractivity contribution in [2.75, 3.05) is 20.7 Å². The van der Waals surface area contributed by atoms with E-state index in [4.69, 9.17) is 9.47 Å². The number of hydrogen-bond acceptors (Lipinski definition) is 5. The highest BCUT2D eigenvalue weighted by molar-refractivity contribution is 5.31. The van der Waals surface area contributed by atoms with E-state index in [0.29, 0.717) is 12.6 Å². The van der Waals surface area contributed by atoms with Gasteiger partial charge in [-0.2, -0.15) is 5.10 Å². The molecular weight excluding hydrogens is 292 g/mol. The Morgan fingerprint density at radius 2 is 1.96 bits per heavy atom. The number of methoxy groups -OCH3 is 1. The predicted molar refractivity (Wildman–Crippen MR) is 87.5 cm³/mol. The number of likely N-dealkylation sites (tertiary alicyclic amines) is 1. The van der Waals surface area contributed by atoms with Crippen molar-refractivity contribution in [3.63, 3.8) is 0 Å². The van der Waals surface area contributed by atoms with Gasteiger partial charge < -0.3 is 9.47 Å². The van der Waals surface area contributed by atoms with Crippen LogP contribution in [0.3, 0.4) is 0 Å². The molecule has 1 atom stereocenters. The molecule has 1 aliphatic rings. The maximum atomic E-state index is 5.74. The Balaban J connectivity index is 1.60. The highest BCUT2D eigenvalue weighted by Gasteiger charge is 2.23. The summed E-state index contributed by atoms with van der Waals surface area (Å²) in [7, 11) is 3.80. The fraction of sp³-hybridized carbons (Fsp3) is 0.529. The molecule has 3 rings (SSSR count). The van der Waals surface area contributed by atoms with Crippen molar-refractivity contribution in [2.45, 2.75) is 38.3 Å². The Bertz CT molecular complexity index is 611. The minimum atomic E-state index is 0.309. The Hall–Kier alpha value is -2.08. The second-order valence-corrected chi connectivity index (χ2v) is 5.95. The SMILES string of the molecule is COc1ccc(OCc2nc([C@@H]3CCCCCN3C)n[nH]2)cc1. The molecule has 0 unspecified atom stereocenters. The molecule has 1 N–H and O–H groups in total. The molecule has 6 nitrogen and oxygen atoms in total. The van der Waals surface area contributed by atoms with Gasteiger partial charge in [-0.05, 0) is 50.7 Å². The minimum Gasteiger partial charge on any atom is -0.497 e. The first kappa shape index (κ1) is 15.8. The molecule has 2 heterocycles. The van der Waals surface area contributed by atoms with Crippen molar-refractivity contribution >= 4 is 0 Å². The first-order valence-electron chi connectivity index (χ1n) is 8.14. The average molecular weight is 316 g/mol. The number of aromatic nitrogens is 3. The zero-order valence-electron chi connectivity index (χ0n) is 13.8. The Morgan fingerprint density at radius 1 is 1.17 bits per heavy atom. The van der Waals surface area contributed by atoms with Gasteiger partial charge in [0.2, 0.25) is 0 Å². The smallest absolute Gasteiger partial charge is 0.167 e. The van der Waals surface area contributed by atoms with Gasteiger partial charge in [0, 0.05) is 0 Å². The topological polar surface area (TPSA) is 63.3 Å². The van der Waals surface area contributed by atoms with Crippen molar-refractivity contribution in [2.24, 2.45) is 0 Å². The van der Waals surface area contributed by atoms with Crippen molar-refractivity contribution in [3.05, 3.63) is 35.9 Å². The van der Waals surface area contributed by atoms with Crippen LogP contribution in [0.2, 0.25) is 0 Å². The molecular formula is C17H24N4O2. The van der Waals surface area contributed by atoms with E-state index in [1.807, 2.05) is 24.3 Å². The monoisotopic (exact) mass is 316 g/mol. The normalized spacial score (nSPS) is 19.3. The number of aromatic amines is 1. The van der Waals surface area contributed by atoms with Gasteiger partial charge in [-0.3, -0.25) is 10.00 Å². The predicted octanol–water partition coefficient (Wildman–Crippen LogP) is 2.94. The highest BCUT2D eigenvalue weighted by Crippen LogP contribution is 2.26. The second-order valence-electron chi connectivity index (χ2n) is 5.95. The number of rotatable bonds is 5. The zero-order chi connectivity index (χ0) is 16.1. The lowest BCUT2D eigenvalue weighted by Crippen LogP contribution is -2.24. The number of nitrogens with one attached hydrogen (secondary N) is 1. The van der Waals surface area contributed by atoms with Crippen LogP contribution in [0.25, 0.3) is 0 Å². The summed E-state index contributed by atoms with van der Waals surface area (Å²) in [6, 6.07) is 7.83. The van der Waals surface area contributed by atoms with Crippen LogP contribution in [0.5, 0.6) is 11.5 Å². The third-order valence-electron chi connectivity index (χ3n) is 4.30. The lowest BCUT2D eigenvalue weighted by molar-refractivity contribution is 0.240. The van der Waals surface area contributed by atoms with Crippen LogP contribution in [0, 0.1) is 0 Å². The van der Waals surface area contributed by atoms with Gasteiger partial charge in [-0.15, -0.1) is 0 Å². The molecule has 1 fully saturated rings. The fourth-order valence-electron chi connectivity index (χ4n) is 2.93. The van der Waals surface area contributed by atoms with Crippen molar-refractivity contribution in [1.29, 1.82) is 0 Å². The van der Waals surface area contributed by atoms with E-state index < -0.39 is 0 Å². The molecule has 0 amide bonds. The summed E-state index contributed by atoms with van der Waals surface area (Å²) in [4.78, 5) is 6.97. The molecule has 0 aliphatic carbocycles. The Kier molecular flexibility index (Phi) is 5.12. The number of ether oxygens (including phenoxy) is 2. The maximum absolute atomic E-state index is 5.74. The quantitative estimate of drug-likeness (QED) is 0.919. The summed E-state index contributed by atoms with van der Waals surface area (Å²) in [6.45, 7) is 1.49. The summed E-state index contributed by atoms with van der Waals surface area (Å²) < 4.78 is 10.9. The molecule has 0 radical (unpaired) electrons. The first-order chi connectivity index (χ1) is 11.3. The van der Waals surface area contributed by atoms with Gasteiger partial charge in [0.1, 0.15) is 18.1 Å². The molecule has 0 saturated carbocycles. The van der Waals surface area contributed by atoms with Crippen molar-refractivity contribution in [1.82, 2.24) is 20.1 Å². The second kappa shape index (κ2) is 7.46. The zero-order valence-corrected chi connectivity index (χ0v) is 13.8. The molecule has 1 saturated heterocycles. The summed E-state index contributed by atoms with van der Waals surface area (Å²) in [6.07, 6.45) is 4.90. The van der Waals surface area contributed by atoms with E-state index in [2.05, 4.69) is 27.1 Å². The van der Waals surface area contributed by atoms with Crippen LogP contribution in [0.4, 0.5) is 0 Å². The molecule has 124 valence electrons. The van der Waals surface area contributed by atoms with E-state index in [9.17, 15) is 0 Å². The van der Waals surface area contributed by atoms with Crippen LogP contribution < -0.4 is 9.47 Å². The molecule has 1 aromatic carbocycles. The third-order valence-corrected chi connectivity index (χ3v) is 4.30. The Labute approximate surface area is 136 Å². The lowest BCUT2D eigenvalue weighted by atomic mass is 10.1. The van der Waals surface area contributed by atoms with Gasteiger partial charge >= 0.3 is 0 Å². The summed E-state index contributed by atoms with van der Waals surface area (Å²) in [5, 5.41) is 7.39. The summed E-state index contributed by atoms with van der Waals surface area (Å²) in [5.41, 5.74) is 0. The standard InChI is InChI=1S/C17H24N4O2/c1-21-11-5-3-4-6-15(21)17-18-16(19-20-17)12-23-14-9-7-13(22-2)8-10-14/h7-10,15H,3-6,11-12H2,1-2H3,(H,18,19,20)/t15-/m0/s1. The van der Waals surface area contributed by atoms with Gasteiger partial charge in [-0.1, -0.05) is 12.8 Å². The third kappa shape index (κ3) is 4.01. The largest absolute Gasteiger partial charge is 0.497 e. The molecule has 0 bridgehead atoms. The van der Waals surface area contributed by atoms with Crippen molar-refractivity contribution in [3.8, 4) is 11.5 Å². The number of benzene rings is 1. The van der Waals surface area contributed by atoms with Gasteiger partial charge in [0.25, 0.3) is 0 Å². The summed E-state index contributed by atoms with van der Waals surface area (Å²) in [5.74, 6) is 3.24. The highest BCUT2D eigenvalue weighted by atomic mass is 16.5. The first-order valence-corrected chi connectivity index (χ1v) is 8.14. The maximum Gasteiger partial charge on any atom is 0.167 e. The van der Waals surface area contributed by atoms with Crippen LogP contribution in [-0.2, 0) is 6.61 Å². The lowest BCUT2D eigenvalue weighted by Gasteiger charge is -2.22. The van der Waals surface area contributed by atoms with Crippen LogP contribution in [0.1, 0.15) is 43.4 Å².